The minimum atomic E-state index is -0.590. The molecule has 1 rings (SSSR count). The van der Waals surface area contributed by atoms with E-state index < -0.39 is 17.5 Å². The highest BCUT2D eigenvalue weighted by atomic mass is 19.1. The summed E-state index contributed by atoms with van der Waals surface area (Å²) in [5, 5.41) is 18.2. The normalized spacial score (nSPS) is 17.9. The maximum absolute atomic E-state index is 14.8. The highest BCUT2D eigenvalue weighted by molar-refractivity contribution is 5.68. The maximum Gasteiger partial charge on any atom is 0.407 e. The summed E-state index contributed by atoms with van der Waals surface area (Å²) in [4.78, 5) is 12.2. The van der Waals surface area contributed by atoms with E-state index in [1.807, 2.05) is 19.9 Å². The fraction of sp³-hybridized carbons (Fsp3) is 0.565. The smallest absolute Gasteiger partial charge is 0.407 e. The van der Waals surface area contributed by atoms with E-state index in [2.05, 4.69) is 22.5 Å². The number of nitrogens with one attached hydrogen (secondary N) is 3. The summed E-state index contributed by atoms with van der Waals surface area (Å²) >= 11 is 0. The minimum Gasteiger partial charge on any atom is -0.444 e. The molecule has 166 valence electrons. The van der Waals surface area contributed by atoms with Crippen molar-refractivity contribution in [2.45, 2.75) is 78.5 Å². The average molecular weight is 419 g/mol. The van der Waals surface area contributed by atoms with Gasteiger partial charge < -0.3 is 20.7 Å². The largest absolute Gasteiger partial charge is 0.444 e. The highest BCUT2D eigenvalue weighted by Crippen LogP contribution is 2.32. The Morgan fingerprint density at radius 1 is 1.33 bits per heavy atom. The third kappa shape index (κ3) is 8.32. The number of rotatable bonds is 9. The van der Waals surface area contributed by atoms with Gasteiger partial charge in [-0.25, -0.2) is 9.18 Å². The summed E-state index contributed by atoms with van der Waals surface area (Å²) in [5.74, 6) is -0.229. The SMILES string of the molecule is C=C(N/C=C/C)/C(C#N)=C\C(F)=C(/C)NC(C1CCC1)C(C)NC(=O)OC(C)(C)C. The van der Waals surface area contributed by atoms with Crippen LogP contribution in [-0.4, -0.2) is 23.8 Å². The number of allylic oxidation sites excluding steroid dienone is 5. The van der Waals surface area contributed by atoms with Gasteiger partial charge >= 0.3 is 6.09 Å². The van der Waals surface area contributed by atoms with Gasteiger partial charge in [-0.15, -0.1) is 0 Å². The number of alkyl carbamates (subject to hydrolysis) is 1. The van der Waals surface area contributed by atoms with Gasteiger partial charge in [0.05, 0.1) is 5.57 Å². The molecule has 2 unspecified atom stereocenters. The van der Waals surface area contributed by atoms with Crippen molar-refractivity contribution in [3.05, 3.63) is 47.7 Å². The van der Waals surface area contributed by atoms with Crippen LogP contribution in [0.5, 0.6) is 0 Å². The standard InChI is InChI=1S/C23H35FN4O2/c1-8-12-26-15(2)19(14-25)13-20(24)16(3)27-21(18-10-9-11-18)17(4)28-22(29)30-23(5,6)7/h8,12-13,17-18,21,26-27H,2,9-11H2,1,3-7H3,(H,28,29)/b12-8+,19-13-,20-16-. The van der Waals surface area contributed by atoms with E-state index >= 15 is 0 Å². The molecule has 1 aliphatic rings. The molecule has 1 saturated carbocycles. The number of amides is 1. The monoisotopic (exact) mass is 418 g/mol. The highest BCUT2D eigenvalue weighted by Gasteiger charge is 2.33. The number of nitriles is 1. The first-order chi connectivity index (χ1) is 14.0. The van der Waals surface area contributed by atoms with Gasteiger partial charge in [0.1, 0.15) is 17.5 Å². The average Bonchev–Trinajstić information content (AvgIpc) is 2.59. The molecule has 0 aromatic rings. The lowest BCUT2D eigenvalue weighted by Crippen LogP contribution is -2.53. The Bertz CT molecular complexity index is 752. The summed E-state index contributed by atoms with van der Waals surface area (Å²) in [7, 11) is 0. The van der Waals surface area contributed by atoms with Crippen LogP contribution in [0, 0.1) is 17.2 Å². The molecule has 1 fully saturated rings. The molecule has 3 N–H and O–H groups in total. The van der Waals surface area contributed by atoms with Crippen LogP contribution in [0.1, 0.15) is 60.8 Å². The van der Waals surface area contributed by atoms with Gasteiger partial charge in [0.2, 0.25) is 0 Å². The Kier molecular flexibility index (Phi) is 9.64. The van der Waals surface area contributed by atoms with E-state index in [9.17, 15) is 14.4 Å². The molecule has 0 bridgehead atoms. The Morgan fingerprint density at radius 3 is 2.43 bits per heavy atom. The van der Waals surface area contributed by atoms with Crippen LogP contribution in [0.2, 0.25) is 0 Å². The Labute approximate surface area is 179 Å². The second-order valence-electron chi connectivity index (χ2n) is 8.56. The first kappa shape index (κ1) is 25.3. The Hall–Kier alpha value is -2.75. The Balaban J connectivity index is 2.95. The Morgan fingerprint density at radius 2 is 1.97 bits per heavy atom. The summed E-state index contributed by atoms with van der Waals surface area (Å²) in [6, 6.07) is 1.54. The number of halogens is 1. The zero-order valence-corrected chi connectivity index (χ0v) is 18.9. The lowest BCUT2D eigenvalue weighted by molar-refractivity contribution is 0.0482. The first-order valence-electron chi connectivity index (χ1n) is 10.3. The molecule has 0 aliphatic heterocycles. The van der Waals surface area contributed by atoms with Crippen molar-refractivity contribution in [3.63, 3.8) is 0 Å². The van der Waals surface area contributed by atoms with Crippen LogP contribution in [0.4, 0.5) is 9.18 Å². The zero-order chi connectivity index (χ0) is 22.9. The van der Waals surface area contributed by atoms with Crippen molar-refractivity contribution < 1.29 is 13.9 Å². The number of ether oxygens (including phenoxy) is 1. The molecule has 0 saturated heterocycles. The number of carbonyl (C=O) groups is 1. The third-order valence-corrected chi connectivity index (χ3v) is 4.82. The van der Waals surface area contributed by atoms with E-state index in [1.165, 1.54) is 0 Å². The van der Waals surface area contributed by atoms with E-state index in [0.717, 1.165) is 25.3 Å². The molecule has 0 radical (unpaired) electrons. The molecular weight excluding hydrogens is 383 g/mol. The second kappa shape index (κ2) is 11.4. The van der Waals surface area contributed by atoms with Crippen LogP contribution in [0.25, 0.3) is 0 Å². The van der Waals surface area contributed by atoms with E-state index in [-0.39, 0.29) is 17.7 Å². The lowest BCUT2D eigenvalue weighted by atomic mass is 9.77. The fourth-order valence-corrected chi connectivity index (χ4v) is 3.04. The fourth-order valence-electron chi connectivity index (χ4n) is 3.04. The van der Waals surface area contributed by atoms with E-state index in [0.29, 0.717) is 17.3 Å². The van der Waals surface area contributed by atoms with Crippen LogP contribution in [0.3, 0.4) is 0 Å². The number of nitrogens with zero attached hydrogens (tertiary/aromatic N) is 1. The van der Waals surface area contributed by atoms with Gasteiger partial charge in [0, 0.05) is 23.5 Å². The third-order valence-electron chi connectivity index (χ3n) is 4.82. The molecular formula is C23H35FN4O2. The van der Waals surface area contributed by atoms with Crippen molar-refractivity contribution in [2.75, 3.05) is 0 Å². The first-order valence-corrected chi connectivity index (χ1v) is 10.3. The van der Waals surface area contributed by atoms with Crippen molar-refractivity contribution in [1.82, 2.24) is 16.0 Å². The number of carbonyl (C=O) groups excluding carboxylic acids is 1. The van der Waals surface area contributed by atoms with Crippen LogP contribution in [0.15, 0.2) is 47.7 Å². The molecule has 2 atom stereocenters. The van der Waals surface area contributed by atoms with Gasteiger partial charge in [0.15, 0.2) is 0 Å². The van der Waals surface area contributed by atoms with Crippen LogP contribution >= 0.6 is 0 Å². The molecule has 0 aromatic carbocycles. The number of hydrogen-bond acceptors (Lipinski definition) is 5. The van der Waals surface area contributed by atoms with Gasteiger partial charge in [-0.2, -0.15) is 5.26 Å². The van der Waals surface area contributed by atoms with Gasteiger partial charge in [-0.1, -0.05) is 19.1 Å². The molecule has 30 heavy (non-hydrogen) atoms. The van der Waals surface area contributed by atoms with Gasteiger partial charge in [0.25, 0.3) is 0 Å². The molecule has 1 aliphatic carbocycles. The summed E-state index contributed by atoms with van der Waals surface area (Å²) in [5.41, 5.74) is 0.129. The van der Waals surface area contributed by atoms with Gasteiger partial charge in [-0.3, -0.25) is 0 Å². The molecule has 6 nitrogen and oxygen atoms in total. The zero-order valence-electron chi connectivity index (χ0n) is 18.9. The van der Waals surface area contributed by atoms with E-state index in [1.54, 1.807) is 40.0 Å². The van der Waals surface area contributed by atoms with Crippen LogP contribution in [-0.2, 0) is 4.74 Å². The molecule has 0 heterocycles. The summed E-state index contributed by atoms with van der Waals surface area (Å²) in [6.07, 6.45) is 7.17. The molecule has 1 amide bonds. The van der Waals surface area contributed by atoms with Gasteiger partial charge in [-0.05, 0) is 72.6 Å². The topological polar surface area (TPSA) is 86.2 Å². The molecule has 7 heteroatoms. The van der Waals surface area contributed by atoms with Crippen molar-refractivity contribution >= 4 is 6.09 Å². The summed E-state index contributed by atoms with van der Waals surface area (Å²) in [6.45, 7) is 14.5. The van der Waals surface area contributed by atoms with Crippen molar-refractivity contribution in [3.8, 4) is 6.07 Å². The second-order valence-corrected chi connectivity index (χ2v) is 8.56. The predicted octanol–water partition coefficient (Wildman–Crippen LogP) is 4.95. The minimum absolute atomic E-state index is 0.104. The van der Waals surface area contributed by atoms with Crippen LogP contribution < -0.4 is 16.0 Å². The summed E-state index contributed by atoms with van der Waals surface area (Å²) < 4.78 is 20.1. The number of hydrogen-bond donors (Lipinski definition) is 3. The molecule has 0 aromatic heterocycles. The maximum atomic E-state index is 14.8. The lowest BCUT2D eigenvalue weighted by Gasteiger charge is -2.39. The quantitative estimate of drug-likeness (QED) is 0.364. The van der Waals surface area contributed by atoms with Crippen molar-refractivity contribution in [2.24, 2.45) is 5.92 Å². The van der Waals surface area contributed by atoms with Crippen molar-refractivity contribution in [1.29, 1.82) is 5.26 Å². The predicted molar refractivity (Wildman–Crippen MR) is 118 cm³/mol. The molecule has 0 spiro atoms. The van der Waals surface area contributed by atoms with E-state index in [4.69, 9.17) is 4.74 Å².